The minimum Gasteiger partial charge on any atom is -0.369 e. The van der Waals surface area contributed by atoms with Crippen molar-refractivity contribution in [3.05, 3.63) is 57.0 Å². The smallest absolute Gasteiger partial charge is 0.252 e. The summed E-state index contributed by atoms with van der Waals surface area (Å²) in [5.74, 6) is 0.174. The number of aromatic amines is 1. The zero-order chi connectivity index (χ0) is 14.2. The molecule has 1 aliphatic carbocycles. The van der Waals surface area contributed by atoms with Crippen LogP contribution in [0.2, 0.25) is 5.02 Å². The van der Waals surface area contributed by atoms with Crippen molar-refractivity contribution in [2.75, 3.05) is 5.73 Å². The van der Waals surface area contributed by atoms with E-state index in [-0.39, 0.29) is 16.9 Å². The Morgan fingerprint density at radius 1 is 1.20 bits per heavy atom. The van der Waals surface area contributed by atoms with Crippen molar-refractivity contribution in [3.63, 3.8) is 0 Å². The highest BCUT2D eigenvalue weighted by molar-refractivity contribution is 6.30. The second kappa shape index (κ2) is 4.94. The van der Waals surface area contributed by atoms with E-state index in [1.807, 2.05) is 24.3 Å². The van der Waals surface area contributed by atoms with Gasteiger partial charge in [0.15, 0.2) is 0 Å². The molecule has 2 aromatic rings. The third-order valence-corrected chi connectivity index (χ3v) is 4.36. The molecule has 4 nitrogen and oxygen atoms in total. The van der Waals surface area contributed by atoms with Gasteiger partial charge in [-0.25, -0.2) is 4.98 Å². The number of nitrogen functional groups attached to an aromatic ring is 1. The van der Waals surface area contributed by atoms with E-state index >= 15 is 0 Å². The third kappa shape index (κ3) is 2.20. The third-order valence-electron chi connectivity index (χ3n) is 4.10. The largest absolute Gasteiger partial charge is 0.369 e. The average molecular weight is 290 g/mol. The molecule has 0 saturated heterocycles. The van der Waals surface area contributed by atoms with Gasteiger partial charge in [0, 0.05) is 16.5 Å². The molecule has 1 aromatic carbocycles. The van der Waals surface area contributed by atoms with Crippen LogP contribution in [0.5, 0.6) is 0 Å². The molecule has 1 fully saturated rings. The number of H-pyrrole nitrogens is 1. The lowest BCUT2D eigenvalue weighted by Crippen LogP contribution is -2.28. The summed E-state index contributed by atoms with van der Waals surface area (Å²) in [6.45, 7) is 0. The quantitative estimate of drug-likeness (QED) is 0.893. The van der Waals surface area contributed by atoms with Gasteiger partial charge in [-0.05, 0) is 30.5 Å². The zero-order valence-electron chi connectivity index (χ0n) is 11.0. The lowest BCUT2D eigenvalue weighted by atomic mass is 9.76. The maximum absolute atomic E-state index is 11.7. The maximum Gasteiger partial charge on any atom is 0.252 e. The number of nitrogens with two attached hydrogens (primary N) is 1. The number of nitrogens with zero attached hydrogens (tertiary/aromatic N) is 1. The number of halogens is 1. The number of hydrogen-bond donors (Lipinski definition) is 2. The van der Waals surface area contributed by atoms with E-state index in [9.17, 15) is 4.79 Å². The Morgan fingerprint density at radius 2 is 1.85 bits per heavy atom. The molecular formula is C15H16ClN3O. The van der Waals surface area contributed by atoms with Gasteiger partial charge in [0.25, 0.3) is 5.56 Å². The zero-order valence-corrected chi connectivity index (χ0v) is 11.8. The highest BCUT2D eigenvalue weighted by Crippen LogP contribution is 2.45. The van der Waals surface area contributed by atoms with Gasteiger partial charge in [-0.1, -0.05) is 36.6 Å². The van der Waals surface area contributed by atoms with Crippen LogP contribution in [0.4, 0.5) is 5.95 Å². The van der Waals surface area contributed by atoms with Crippen molar-refractivity contribution in [1.29, 1.82) is 0 Å². The molecule has 0 spiro atoms. The normalized spacial score (nSPS) is 17.2. The summed E-state index contributed by atoms with van der Waals surface area (Å²) in [6, 6.07) is 9.37. The molecule has 1 aromatic heterocycles. The molecule has 0 atom stereocenters. The van der Waals surface area contributed by atoms with Gasteiger partial charge >= 0.3 is 0 Å². The van der Waals surface area contributed by atoms with E-state index in [1.54, 1.807) is 6.07 Å². The van der Waals surface area contributed by atoms with Crippen molar-refractivity contribution in [2.45, 2.75) is 31.1 Å². The van der Waals surface area contributed by atoms with Crippen molar-refractivity contribution < 1.29 is 0 Å². The second-order valence-corrected chi connectivity index (χ2v) is 5.75. The molecule has 0 aliphatic heterocycles. The Morgan fingerprint density at radius 3 is 2.45 bits per heavy atom. The van der Waals surface area contributed by atoms with Crippen molar-refractivity contribution >= 4 is 17.5 Å². The standard InChI is InChI=1S/C15H16ClN3O/c16-11-5-3-10(4-6-11)15(7-1-2-8-15)12-9-13(20)19-14(17)18-12/h3-6,9H,1-2,7-8H2,(H3,17,18,19,20). The van der Waals surface area contributed by atoms with Crippen LogP contribution in [0.15, 0.2) is 35.1 Å². The molecule has 0 unspecified atom stereocenters. The molecular weight excluding hydrogens is 274 g/mol. The molecule has 0 radical (unpaired) electrons. The Balaban J connectivity index is 2.17. The van der Waals surface area contributed by atoms with Crippen LogP contribution in [0.25, 0.3) is 0 Å². The molecule has 1 heterocycles. The molecule has 20 heavy (non-hydrogen) atoms. The van der Waals surface area contributed by atoms with Gasteiger partial charge in [0.2, 0.25) is 5.95 Å². The van der Waals surface area contributed by atoms with E-state index in [2.05, 4.69) is 9.97 Å². The highest BCUT2D eigenvalue weighted by atomic mass is 35.5. The van der Waals surface area contributed by atoms with Crippen molar-refractivity contribution in [2.24, 2.45) is 0 Å². The number of rotatable bonds is 2. The van der Waals surface area contributed by atoms with E-state index in [1.165, 1.54) is 0 Å². The van der Waals surface area contributed by atoms with E-state index in [4.69, 9.17) is 17.3 Å². The maximum atomic E-state index is 11.7. The molecule has 1 aliphatic rings. The minimum atomic E-state index is -0.215. The lowest BCUT2D eigenvalue weighted by molar-refractivity contribution is 0.517. The summed E-state index contributed by atoms with van der Waals surface area (Å²) >= 11 is 5.97. The predicted octanol–water partition coefficient (Wildman–Crippen LogP) is 2.87. The van der Waals surface area contributed by atoms with Gasteiger partial charge in [-0.2, -0.15) is 0 Å². The number of hydrogen-bond acceptors (Lipinski definition) is 3. The Bertz CT molecular complexity index is 672. The Labute approximate surface area is 122 Å². The van der Waals surface area contributed by atoms with Crippen LogP contribution in [0, 0.1) is 0 Å². The number of aromatic nitrogens is 2. The van der Waals surface area contributed by atoms with Crippen LogP contribution >= 0.6 is 11.6 Å². The molecule has 104 valence electrons. The Hall–Kier alpha value is -1.81. The first-order chi connectivity index (χ1) is 9.60. The number of benzene rings is 1. The summed E-state index contributed by atoms with van der Waals surface area (Å²) in [4.78, 5) is 18.6. The Kier molecular flexibility index (Phi) is 3.26. The van der Waals surface area contributed by atoms with Crippen LogP contribution in [-0.4, -0.2) is 9.97 Å². The monoisotopic (exact) mass is 289 g/mol. The van der Waals surface area contributed by atoms with Crippen LogP contribution in [0.3, 0.4) is 0 Å². The molecule has 1 saturated carbocycles. The number of anilines is 1. The lowest BCUT2D eigenvalue weighted by Gasteiger charge is -2.29. The minimum absolute atomic E-state index is 0.174. The summed E-state index contributed by atoms with van der Waals surface area (Å²) in [5, 5.41) is 0.709. The van der Waals surface area contributed by atoms with Gasteiger partial charge in [0.05, 0.1) is 5.69 Å². The fraction of sp³-hybridized carbons (Fsp3) is 0.333. The summed E-state index contributed by atoms with van der Waals surface area (Å²) in [7, 11) is 0. The fourth-order valence-electron chi connectivity index (χ4n) is 3.16. The van der Waals surface area contributed by atoms with Crippen LogP contribution in [0.1, 0.15) is 36.9 Å². The highest BCUT2D eigenvalue weighted by Gasteiger charge is 2.39. The molecule has 3 N–H and O–H groups in total. The van der Waals surface area contributed by atoms with Gasteiger partial charge in [-0.15, -0.1) is 0 Å². The first kappa shape index (κ1) is 13.2. The van der Waals surface area contributed by atoms with Crippen molar-refractivity contribution in [3.8, 4) is 0 Å². The molecule has 0 bridgehead atoms. The van der Waals surface area contributed by atoms with E-state index in [0.29, 0.717) is 5.02 Å². The van der Waals surface area contributed by atoms with Crippen LogP contribution in [-0.2, 0) is 5.41 Å². The van der Waals surface area contributed by atoms with Gasteiger partial charge in [0.1, 0.15) is 0 Å². The van der Waals surface area contributed by atoms with Gasteiger partial charge < -0.3 is 5.73 Å². The first-order valence-corrected chi connectivity index (χ1v) is 7.11. The molecule has 3 rings (SSSR count). The van der Waals surface area contributed by atoms with Gasteiger partial charge in [-0.3, -0.25) is 9.78 Å². The molecule has 5 heteroatoms. The second-order valence-electron chi connectivity index (χ2n) is 5.31. The van der Waals surface area contributed by atoms with E-state index < -0.39 is 0 Å². The number of nitrogens with one attached hydrogen (secondary N) is 1. The summed E-state index contributed by atoms with van der Waals surface area (Å²) in [5.41, 5.74) is 7.20. The molecule has 0 amide bonds. The predicted molar refractivity (Wildman–Crippen MR) is 80.0 cm³/mol. The van der Waals surface area contributed by atoms with E-state index in [0.717, 1.165) is 36.9 Å². The van der Waals surface area contributed by atoms with Crippen LogP contribution < -0.4 is 11.3 Å². The average Bonchev–Trinajstić information content (AvgIpc) is 2.89. The van der Waals surface area contributed by atoms with Crippen molar-refractivity contribution in [1.82, 2.24) is 9.97 Å². The topological polar surface area (TPSA) is 71.8 Å². The summed E-state index contributed by atoms with van der Waals surface area (Å²) in [6.07, 6.45) is 4.20. The SMILES string of the molecule is Nc1nc(C2(c3ccc(Cl)cc3)CCCC2)cc(=O)[nH]1. The summed E-state index contributed by atoms with van der Waals surface area (Å²) < 4.78 is 0. The fourth-order valence-corrected chi connectivity index (χ4v) is 3.29. The first-order valence-electron chi connectivity index (χ1n) is 6.73.